The molecule has 0 N–H and O–H groups in total. The van der Waals surface area contributed by atoms with Crippen LogP contribution in [0.3, 0.4) is 0 Å². The van der Waals surface area contributed by atoms with Crippen LogP contribution in [-0.4, -0.2) is 36.0 Å². The van der Waals surface area contributed by atoms with Crippen molar-refractivity contribution in [3.63, 3.8) is 0 Å². The zero-order valence-electron chi connectivity index (χ0n) is 12.8. The Labute approximate surface area is 135 Å². The molecule has 3 aromatic rings. The van der Waals surface area contributed by atoms with Crippen LogP contribution in [0.5, 0.6) is 5.75 Å². The number of carbonyl (C=O) groups excluding carboxylic acids is 1. The first-order valence-corrected chi connectivity index (χ1v) is 7.52. The maximum atomic E-state index is 12.7. The van der Waals surface area contributed by atoms with Crippen molar-refractivity contribution in [2.24, 2.45) is 0 Å². The molecule has 1 aliphatic heterocycles. The van der Waals surface area contributed by atoms with Gasteiger partial charge in [-0.25, -0.2) is 0 Å². The Morgan fingerprint density at radius 1 is 1.38 bits per heavy atom. The van der Waals surface area contributed by atoms with Crippen LogP contribution < -0.4 is 4.74 Å². The molecule has 0 saturated carbocycles. The molecule has 1 fully saturated rings. The second kappa shape index (κ2) is 5.43. The number of nitrogens with zero attached hydrogens (tertiary/aromatic N) is 2. The number of aromatic nitrogens is 1. The summed E-state index contributed by atoms with van der Waals surface area (Å²) < 4.78 is 35.7. The highest BCUT2D eigenvalue weighted by atomic mass is 19.3. The van der Waals surface area contributed by atoms with Crippen LogP contribution in [0.15, 0.2) is 35.0 Å². The van der Waals surface area contributed by atoms with E-state index in [4.69, 9.17) is 4.42 Å². The molecule has 1 saturated heterocycles. The fourth-order valence-corrected chi connectivity index (χ4v) is 3.33. The zero-order valence-corrected chi connectivity index (χ0v) is 12.8. The average Bonchev–Trinajstić information content (AvgIpc) is 3.09. The Morgan fingerprint density at radius 2 is 2.21 bits per heavy atom. The second-order valence-corrected chi connectivity index (χ2v) is 5.88. The highest BCUT2D eigenvalue weighted by Gasteiger charge is 2.31. The molecule has 1 aromatic carbocycles. The van der Waals surface area contributed by atoms with Crippen LogP contribution >= 0.6 is 0 Å². The molecule has 2 aromatic heterocycles. The van der Waals surface area contributed by atoms with Crippen molar-refractivity contribution >= 4 is 27.8 Å². The van der Waals surface area contributed by atoms with Gasteiger partial charge in [-0.3, -0.25) is 9.78 Å². The van der Waals surface area contributed by atoms with E-state index < -0.39 is 6.61 Å². The fraction of sp³-hybridized carbons (Fsp3) is 0.294. The highest BCUT2D eigenvalue weighted by Crippen LogP contribution is 2.41. The lowest BCUT2D eigenvalue weighted by atomic mass is 9.93. The number of benzene rings is 1. The summed E-state index contributed by atoms with van der Waals surface area (Å²) >= 11 is 0. The number of alkyl halides is 2. The van der Waals surface area contributed by atoms with Gasteiger partial charge in [0.1, 0.15) is 5.58 Å². The zero-order chi connectivity index (χ0) is 16.8. The molecule has 124 valence electrons. The van der Waals surface area contributed by atoms with Crippen LogP contribution in [-0.2, 0) is 4.79 Å². The molecule has 3 heterocycles. The van der Waals surface area contributed by atoms with Gasteiger partial charge in [-0.1, -0.05) is 6.07 Å². The number of halogens is 2. The predicted octanol–water partition coefficient (Wildman–Crippen LogP) is 3.53. The lowest BCUT2D eigenvalue weighted by Gasteiger charge is -2.13. The van der Waals surface area contributed by atoms with E-state index in [0.29, 0.717) is 23.9 Å². The first kappa shape index (κ1) is 14.9. The SMILES string of the molecule is CN1CC(c2ccc(OC(F)F)c3oc4ccncc4c23)CC1=O. The van der Waals surface area contributed by atoms with Crippen molar-refractivity contribution in [3.8, 4) is 5.75 Å². The number of rotatable bonds is 3. The van der Waals surface area contributed by atoms with Gasteiger partial charge in [-0.15, -0.1) is 0 Å². The van der Waals surface area contributed by atoms with Gasteiger partial charge in [0, 0.05) is 49.1 Å². The van der Waals surface area contributed by atoms with Crippen molar-refractivity contribution in [2.75, 3.05) is 13.6 Å². The van der Waals surface area contributed by atoms with Gasteiger partial charge >= 0.3 is 6.61 Å². The molecule has 7 heteroatoms. The first-order valence-electron chi connectivity index (χ1n) is 7.52. The minimum Gasteiger partial charge on any atom is -0.452 e. The normalized spacial score (nSPS) is 18.2. The van der Waals surface area contributed by atoms with Crippen molar-refractivity contribution in [1.29, 1.82) is 0 Å². The third kappa shape index (κ3) is 2.28. The summed E-state index contributed by atoms with van der Waals surface area (Å²) in [5.74, 6) is 0.0243. The predicted molar refractivity (Wildman–Crippen MR) is 83.1 cm³/mol. The second-order valence-electron chi connectivity index (χ2n) is 5.88. The molecule has 4 rings (SSSR count). The number of likely N-dealkylation sites (N-methyl/N-ethyl adjacent to an activating group) is 1. The van der Waals surface area contributed by atoms with E-state index in [1.54, 1.807) is 36.5 Å². The van der Waals surface area contributed by atoms with Gasteiger partial charge in [0.25, 0.3) is 0 Å². The van der Waals surface area contributed by atoms with Crippen molar-refractivity contribution in [2.45, 2.75) is 19.0 Å². The number of likely N-dealkylation sites (tertiary alicyclic amines) is 1. The third-order valence-corrected chi connectivity index (χ3v) is 4.41. The summed E-state index contributed by atoms with van der Waals surface area (Å²) in [6.07, 6.45) is 3.59. The summed E-state index contributed by atoms with van der Waals surface area (Å²) in [6.45, 7) is -2.36. The molecular formula is C17H14F2N2O3. The number of hydrogen-bond acceptors (Lipinski definition) is 4. The number of carbonyl (C=O) groups is 1. The number of hydrogen-bond donors (Lipinski definition) is 0. The summed E-state index contributed by atoms with van der Waals surface area (Å²) in [4.78, 5) is 17.6. The number of amides is 1. The fourth-order valence-electron chi connectivity index (χ4n) is 3.33. The first-order chi connectivity index (χ1) is 11.5. The summed E-state index contributed by atoms with van der Waals surface area (Å²) in [5.41, 5.74) is 1.69. The molecule has 24 heavy (non-hydrogen) atoms. The largest absolute Gasteiger partial charge is 0.452 e. The van der Waals surface area contributed by atoms with Gasteiger partial charge in [0.2, 0.25) is 5.91 Å². The number of pyridine rings is 1. The van der Waals surface area contributed by atoms with Crippen LogP contribution in [0.1, 0.15) is 17.9 Å². The molecule has 0 spiro atoms. The third-order valence-electron chi connectivity index (χ3n) is 4.41. The molecule has 1 amide bonds. The minimum absolute atomic E-state index is 0.0161. The minimum atomic E-state index is -2.94. The van der Waals surface area contributed by atoms with Gasteiger partial charge in [-0.2, -0.15) is 8.78 Å². The topological polar surface area (TPSA) is 55.6 Å². The van der Waals surface area contributed by atoms with E-state index in [0.717, 1.165) is 10.9 Å². The molecule has 0 radical (unpaired) electrons. The van der Waals surface area contributed by atoms with Gasteiger partial charge < -0.3 is 14.1 Å². The molecule has 0 bridgehead atoms. The van der Waals surface area contributed by atoms with Gasteiger partial charge in [0.05, 0.1) is 0 Å². The van der Waals surface area contributed by atoms with Crippen LogP contribution in [0.25, 0.3) is 21.9 Å². The monoisotopic (exact) mass is 332 g/mol. The Balaban J connectivity index is 1.96. The molecule has 5 nitrogen and oxygen atoms in total. The van der Waals surface area contributed by atoms with Crippen molar-refractivity contribution in [1.82, 2.24) is 9.88 Å². The lowest BCUT2D eigenvalue weighted by molar-refractivity contribution is -0.126. The number of fused-ring (bicyclic) bond motifs is 3. The molecular weight excluding hydrogens is 318 g/mol. The number of ether oxygens (including phenoxy) is 1. The average molecular weight is 332 g/mol. The van der Waals surface area contributed by atoms with E-state index >= 15 is 0 Å². The summed E-state index contributed by atoms with van der Waals surface area (Å²) in [7, 11) is 1.75. The van der Waals surface area contributed by atoms with Crippen LogP contribution in [0, 0.1) is 0 Å². The maximum absolute atomic E-state index is 12.7. The smallest absolute Gasteiger partial charge is 0.387 e. The lowest BCUT2D eigenvalue weighted by Crippen LogP contribution is -2.18. The Morgan fingerprint density at radius 3 is 2.92 bits per heavy atom. The van der Waals surface area contributed by atoms with E-state index in [2.05, 4.69) is 9.72 Å². The Bertz CT molecular complexity index is 938. The Kier molecular flexibility index (Phi) is 3.37. The molecule has 0 aliphatic carbocycles. The molecule has 1 unspecified atom stereocenters. The summed E-state index contributed by atoms with van der Waals surface area (Å²) in [6, 6.07) is 4.89. The molecule has 1 aliphatic rings. The number of furan rings is 1. The van der Waals surface area contributed by atoms with E-state index in [1.165, 1.54) is 6.07 Å². The van der Waals surface area contributed by atoms with Crippen molar-refractivity contribution < 1.29 is 22.7 Å². The van der Waals surface area contributed by atoms with Crippen LogP contribution in [0.2, 0.25) is 0 Å². The maximum Gasteiger partial charge on any atom is 0.387 e. The Hall–Kier alpha value is -2.70. The summed E-state index contributed by atoms with van der Waals surface area (Å²) in [5, 5.41) is 1.41. The quantitative estimate of drug-likeness (QED) is 0.736. The van der Waals surface area contributed by atoms with Gasteiger partial charge in [0.15, 0.2) is 11.3 Å². The van der Waals surface area contributed by atoms with Gasteiger partial charge in [-0.05, 0) is 17.7 Å². The van der Waals surface area contributed by atoms with Crippen LogP contribution in [0.4, 0.5) is 8.78 Å². The van der Waals surface area contributed by atoms with Crippen molar-refractivity contribution in [3.05, 3.63) is 36.2 Å². The standard InChI is InChI=1S/C17H14F2N2O3/c1-21-8-9(6-14(21)22)10-2-3-13(24-17(18)19)16-15(10)11-7-20-5-4-12(11)23-16/h2-5,7,9,17H,6,8H2,1H3. The molecule has 1 atom stereocenters. The van der Waals surface area contributed by atoms with E-state index in [-0.39, 0.29) is 23.2 Å². The highest BCUT2D eigenvalue weighted by molar-refractivity contribution is 6.08. The van der Waals surface area contributed by atoms with E-state index in [1.807, 2.05) is 0 Å². The van der Waals surface area contributed by atoms with E-state index in [9.17, 15) is 13.6 Å².